The number of carbonyl (C=O) groups excluding carboxylic acids is 3. The van der Waals surface area contributed by atoms with Crippen LogP contribution in [0.1, 0.15) is 24.5 Å². The summed E-state index contributed by atoms with van der Waals surface area (Å²) in [5.41, 5.74) is 2.81. The molecule has 1 aromatic rings. The number of amides is 3. The summed E-state index contributed by atoms with van der Waals surface area (Å²) in [4.78, 5) is 40.2. The average Bonchev–Trinajstić information content (AvgIpc) is 3.38. The van der Waals surface area contributed by atoms with Crippen molar-refractivity contribution in [1.29, 1.82) is 0 Å². The lowest BCUT2D eigenvalue weighted by Crippen LogP contribution is -2.46. The molecule has 1 heterocycles. The topological polar surface area (TPSA) is 66.5 Å². The van der Waals surface area contributed by atoms with Crippen molar-refractivity contribution in [2.75, 3.05) is 5.32 Å². The van der Waals surface area contributed by atoms with E-state index in [1.54, 1.807) is 6.92 Å². The Kier molecular flexibility index (Phi) is 3.43. The van der Waals surface area contributed by atoms with Gasteiger partial charge < -0.3 is 5.32 Å². The number of likely N-dealkylation sites (tertiary alicyclic amines) is 1. The van der Waals surface area contributed by atoms with Gasteiger partial charge in [-0.2, -0.15) is 0 Å². The van der Waals surface area contributed by atoms with Crippen LogP contribution in [-0.2, 0) is 14.4 Å². The summed E-state index contributed by atoms with van der Waals surface area (Å²) in [6.07, 6.45) is 5.43. The summed E-state index contributed by atoms with van der Waals surface area (Å²) in [6, 6.07) is 5.02. The molecule has 1 saturated heterocycles. The van der Waals surface area contributed by atoms with Crippen molar-refractivity contribution in [3.8, 4) is 0 Å². The summed E-state index contributed by atoms with van der Waals surface area (Å²) in [5.74, 6) is 0.360. The highest BCUT2D eigenvalue weighted by atomic mass is 16.2. The number of hydrogen-bond donors (Lipinski definition) is 1. The van der Waals surface area contributed by atoms with Gasteiger partial charge in [-0.15, -0.1) is 0 Å². The lowest BCUT2D eigenvalue weighted by atomic mass is 9.63. The number of benzene rings is 1. The third-order valence-electron chi connectivity index (χ3n) is 6.95. The molecule has 4 aliphatic carbocycles. The Morgan fingerprint density at radius 3 is 2.04 bits per heavy atom. The number of hydrogen-bond acceptors (Lipinski definition) is 3. The standard InChI is InChI=1S/C22H24N2O3/c1-10-6-11(2)8-13(7-10)23-20(25)12(3)24-21(26)18-14-4-5-15(17-9-16(14)17)19(18)22(24)27/h4-8,12,14-19H,9H2,1-3H3,(H,23,25)/t12-,14+,15+,16+,17+,18-,19-/m0/s1. The smallest absolute Gasteiger partial charge is 0.247 e. The number of allylic oxidation sites excluding steroid dienone is 2. The summed E-state index contributed by atoms with van der Waals surface area (Å²) in [5, 5.41) is 2.88. The van der Waals surface area contributed by atoms with Crippen LogP contribution < -0.4 is 5.32 Å². The van der Waals surface area contributed by atoms with E-state index in [1.807, 2.05) is 32.0 Å². The molecule has 5 nitrogen and oxygen atoms in total. The monoisotopic (exact) mass is 364 g/mol. The fraction of sp³-hybridized carbons (Fsp3) is 0.500. The molecular formula is C22H24N2O3. The normalized spacial score (nSPS) is 36.5. The van der Waals surface area contributed by atoms with Gasteiger partial charge in [0.15, 0.2) is 0 Å². The van der Waals surface area contributed by atoms with E-state index >= 15 is 0 Å². The number of anilines is 1. The number of aryl methyl sites for hydroxylation is 2. The first-order valence-corrected chi connectivity index (χ1v) is 9.81. The summed E-state index contributed by atoms with van der Waals surface area (Å²) >= 11 is 0. The third-order valence-corrected chi connectivity index (χ3v) is 6.95. The molecule has 0 unspecified atom stereocenters. The molecule has 2 saturated carbocycles. The Bertz CT molecular complexity index is 849. The van der Waals surface area contributed by atoms with E-state index in [-0.39, 0.29) is 41.4 Å². The summed E-state index contributed by atoms with van der Waals surface area (Å²) in [7, 11) is 0. The predicted octanol–water partition coefficient (Wildman–Crippen LogP) is 2.68. The number of imide groups is 1. The van der Waals surface area contributed by atoms with E-state index in [0.29, 0.717) is 17.5 Å². The average molecular weight is 364 g/mol. The Labute approximate surface area is 158 Å². The molecule has 0 radical (unpaired) electrons. The molecule has 27 heavy (non-hydrogen) atoms. The van der Waals surface area contributed by atoms with Gasteiger partial charge in [0.1, 0.15) is 6.04 Å². The maximum atomic E-state index is 13.1. The van der Waals surface area contributed by atoms with Crippen LogP contribution in [0.3, 0.4) is 0 Å². The van der Waals surface area contributed by atoms with Gasteiger partial charge in [0.05, 0.1) is 11.8 Å². The Morgan fingerprint density at radius 2 is 1.52 bits per heavy atom. The van der Waals surface area contributed by atoms with Crippen molar-refractivity contribution < 1.29 is 14.4 Å². The molecule has 7 atom stereocenters. The van der Waals surface area contributed by atoms with E-state index < -0.39 is 6.04 Å². The minimum Gasteiger partial charge on any atom is -0.324 e. The Morgan fingerprint density at radius 1 is 1.00 bits per heavy atom. The van der Waals surface area contributed by atoms with Crippen LogP contribution in [0.4, 0.5) is 5.69 Å². The van der Waals surface area contributed by atoms with Crippen molar-refractivity contribution in [2.24, 2.45) is 35.5 Å². The highest BCUT2D eigenvalue weighted by molar-refractivity contribution is 6.10. The van der Waals surface area contributed by atoms with Crippen LogP contribution in [0.25, 0.3) is 0 Å². The maximum absolute atomic E-state index is 13.1. The number of carbonyl (C=O) groups is 3. The highest BCUT2D eigenvalue weighted by Crippen LogP contribution is 2.65. The Hall–Kier alpha value is -2.43. The molecule has 5 heteroatoms. The minimum absolute atomic E-state index is 0.155. The third kappa shape index (κ3) is 2.33. The summed E-state index contributed by atoms with van der Waals surface area (Å²) in [6.45, 7) is 5.60. The van der Waals surface area contributed by atoms with Crippen molar-refractivity contribution in [3.63, 3.8) is 0 Å². The van der Waals surface area contributed by atoms with Gasteiger partial charge in [-0.05, 0) is 74.1 Å². The Balaban J connectivity index is 1.38. The SMILES string of the molecule is Cc1cc(C)cc(NC(=O)[C@H](C)N2C(=O)[C@H]3[C@@H]4C=C[C@H]([C@H]5C[C@H]45)[C@@H]3C2=O)c1. The second kappa shape index (κ2) is 5.54. The van der Waals surface area contributed by atoms with Crippen LogP contribution in [-0.4, -0.2) is 28.7 Å². The molecular weight excluding hydrogens is 340 g/mol. The molecule has 140 valence electrons. The molecule has 1 N–H and O–H groups in total. The van der Waals surface area contributed by atoms with Crippen molar-refractivity contribution in [2.45, 2.75) is 33.2 Å². The van der Waals surface area contributed by atoms with Crippen LogP contribution in [0, 0.1) is 49.4 Å². The van der Waals surface area contributed by atoms with Crippen LogP contribution in [0.2, 0.25) is 0 Å². The predicted molar refractivity (Wildman–Crippen MR) is 101 cm³/mol. The van der Waals surface area contributed by atoms with Gasteiger partial charge >= 0.3 is 0 Å². The second-order valence-electron chi connectivity index (χ2n) is 8.74. The van der Waals surface area contributed by atoms with E-state index in [2.05, 4.69) is 17.5 Å². The van der Waals surface area contributed by atoms with E-state index in [4.69, 9.17) is 0 Å². The lowest BCUT2D eigenvalue weighted by Gasteiger charge is -2.37. The lowest BCUT2D eigenvalue weighted by molar-refractivity contribution is -0.146. The molecule has 3 amide bonds. The van der Waals surface area contributed by atoms with Gasteiger partial charge in [0, 0.05) is 5.69 Å². The molecule has 1 aliphatic heterocycles. The number of nitrogens with zero attached hydrogens (tertiary/aromatic N) is 1. The van der Waals surface area contributed by atoms with Gasteiger partial charge in [0.2, 0.25) is 17.7 Å². The zero-order valence-corrected chi connectivity index (χ0v) is 15.8. The quantitative estimate of drug-likeness (QED) is 0.662. The van der Waals surface area contributed by atoms with Gasteiger partial charge in [-0.3, -0.25) is 19.3 Å². The molecule has 6 rings (SSSR count). The molecule has 5 aliphatic rings. The van der Waals surface area contributed by atoms with Crippen LogP contribution >= 0.6 is 0 Å². The second-order valence-corrected chi connectivity index (χ2v) is 8.74. The largest absolute Gasteiger partial charge is 0.324 e. The highest BCUT2D eigenvalue weighted by Gasteiger charge is 2.67. The maximum Gasteiger partial charge on any atom is 0.247 e. The van der Waals surface area contributed by atoms with Gasteiger partial charge in [-0.1, -0.05) is 18.2 Å². The van der Waals surface area contributed by atoms with E-state index in [0.717, 1.165) is 17.5 Å². The first-order valence-electron chi connectivity index (χ1n) is 9.81. The van der Waals surface area contributed by atoms with Crippen molar-refractivity contribution >= 4 is 23.4 Å². The van der Waals surface area contributed by atoms with Crippen LogP contribution in [0.5, 0.6) is 0 Å². The first kappa shape index (κ1) is 16.7. The zero-order chi connectivity index (χ0) is 19.0. The van der Waals surface area contributed by atoms with Gasteiger partial charge in [-0.25, -0.2) is 0 Å². The molecule has 3 fully saturated rings. The molecule has 0 spiro atoms. The first-order chi connectivity index (χ1) is 12.9. The fourth-order valence-corrected chi connectivity index (χ4v) is 5.77. The minimum atomic E-state index is -0.799. The molecule has 1 aromatic carbocycles. The zero-order valence-electron chi connectivity index (χ0n) is 15.8. The fourth-order valence-electron chi connectivity index (χ4n) is 5.77. The van der Waals surface area contributed by atoms with E-state index in [1.165, 1.54) is 4.90 Å². The molecule has 2 bridgehead atoms. The van der Waals surface area contributed by atoms with Crippen LogP contribution in [0.15, 0.2) is 30.4 Å². The van der Waals surface area contributed by atoms with E-state index in [9.17, 15) is 14.4 Å². The van der Waals surface area contributed by atoms with Gasteiger partial charge in [0.25, 0.3) is 0 Å². The van der Waals surface area contributed by atoms with Crippen molar-refractivity contribution in [1.82, 2.24) is 4.90 Å². The van der Waals surface area contributed by atoms with Crippen molar-refractivity contribution in [3.05, 3.63) is 41.5 Å². The number of nitrogens with one attached hydrogen (secondary N) is 1. The number of rotatable bonds is 3. The molecule has 0 aromatic heterocycles. The summed E-state index contributed by atoms with van der Waals surface area (Å²) < 4.78 is 0.